The maximum absolute atomic E-state index is 6.39. The van der Waals surface area contributed by atoms with Crippen LogP contribution in [0.15, 0.2) is 67.2 Å². The molecule has 2 heteroatoms. The van der Waals surface area contributed by atoms with Crippen LogP contribution in [0.25, 0.3) is 5.57 Å². The van der Waals surface area contributed by atoms with E-state index in [1.165, 1.54) is 16.7 Å². The molecular formula is C24H28O2. The van der Waals surface area contributed by atoms with E-state index < -0.39 is 5.79 Å². The van der Waals surface area contributed by atoms with Crippen LogP contribution in [0.3, 0.4) is 0 Å². The zero-order chi connectivity index (χ0) is 18.4. The number of benzene rings is 2. The number of allylic oxidation sites excluding steroid dienone is 1. The van der Waals surface area contributed by atoms with Crippen LogP contribution in [0.4, 0.5) is 0 Å². The molecule has 1 spiro atoms. The molecule has 1 saturated carbocycles. The molecule has 2 aliphatic rings. The van der Waals surface area contributed by atoms with E-state index in [-0.39, 0.29) is 17.6 Å². The fourth-order valence-corrected chi connectivity index (χ4v) is 4.82. The van der Waals surface area contributed by atoms with Gasteiger partial charge in [-0.1, -0.05) is 74.2 Å². The third-order valence-electron chi connectivity index (χ3n) is 6.40. The Balaban J connectivity index is 1.76. The molecule has 0 N–H and O–H groups in total. The first kappa shape index (κ1) is 17.5. The molecule has 1 heterocycles. The van der Waals surface area contributed by atoms with Crippen LogP contribution in [0.1, 0.15) is 50.7 Å². The summed E-state index contributed by atoms with van der Waals surface area (Å²) in [6, 6.07) is 21.3. The number of hydrogen-bond donors (Lipinski definition) is 0. The van der Waals surface area contributed by atoms with E-state index in [4.69, 9.17) is 9.47 Å². The summed E-state index contributed by atoms with van der Waals surface area (Å²) in [6.45, 7) is 11.1. The van der Waals surface area contributed by atoms with Crippen molar-refractivity contribution < 1.29 is 9.47 Å². The zero-order valence-corrected chi connectivity index (χ0v) is 15.9. The maximum Gasteiger partial charge on any atom is 0.170 e. The fourth-order valence-electron chi connectivity index (χ4n) is 4.82. The van der Waals surface area contributed by atoms with Crippen molar-refractivity contribution in [3.8, 4) is 0 Å². The third kappa shape index (κ3) is 2.82. The minimum absolute atomic E-state index is 0.119. The van der Waals surface area contributed by atoms with E-state index in [9.17, 15) is 0 Å². The Morgan fingerprint density at radius 2 is 1.46 bits per heavy atom. The Morgan fingerprint density at radius 1 is 0.923 bits per heavy atom. The molecule has 0 bridgehead atoms. The van der Waals surface area contributed by atoms with Crippen molar-refractivity contribution in [3.05, 3.63) is 78.4 Å². The summed E-state index contributed by atoms with van der Waals surface area (Å²) in [4.78, 5) is 0. The van der Waals surface area contributed by atoms with E-state index in [0.29, 0.717) is 5.92 Å². The van der Waals surface area contributed by atoms with Gasteiger partial charge in [-0.05, 0) is 36.5 Å². The summed E-state index contributed by atoms with van der Waals surface area (Å²) < 4.78 is 12.8. The van der Waals surface area contributed by atoms with Gasteiger partial charge in [-0.15, -0.1) is 0 Å². The van der Waals surface area contributed by atoms with E-state index in [0.717, 1.165) is 12.8 Å². The Morgan fingerprint density at radius 3 is 2.04 bits per heavy atom. The molecule has 2 nitrogen and oxygen atoms in total. The van der Waals surface area contributed by atoms with Gasteiger partial charge in [0.05, 0.1) is 12.2 Å². The van der Waals surface area contributed by atoms with Crippen molar-refractivity contribution in [1.82, 2.24) is 0 Å². The topological polar surface area (TPSA) is 18.5 Å². The highest BCUT2D eigenvalue weighted by molar-refractivity contribution is 5.70. The van der Waals surface area contributed by atoms with Crippen LogP contribution in [0.5, 0.6) is 0 Å². The average molecular weight is 348 g/mol. The number of hydrogen-bond acceptors (Lipinski definition) is 2. The molecule has 4 rings (SSSR count). The SMILES string of the molecule is C=C(c1ccccc1)[C@@]1(C)CC2(C[C@@H]1c1ccccc1)O[C@H](C)[C@@H](C)O2. The van der Waals surface area contributed by atoms with Crippen molar-refractivity contribution >= 4 is 5.57 Å². The molecule has 1 saturated heterocycles. The smallest absolute Gasteiger partial charge is 0.170 e. The molecule has 136 valence electrons. The highest BCUT2D eigenvalue weighted by Gasteiger charge is 2.59. The molecule has 2 aromatic carbocycles. The molecule has 4 atom stereocenters. The molecule has 0 amide bonds. The normalized spacial score (nSPS) is 32.8. The van der Waals surface area contributed by atoms with Crippen LogP contribution >= 0.6 is 0 Å². The first-order valence-corrected chi connectivity index (χ1v) is 9.59. The van der Waals surface area contributed by atoms with E-state index in [1.807, 2.05) is 0 Å². The third-order valence-corrected chi connectivity index (χ3v) is 6.40. The number of ether oxygens (including phenoxy) is 2. The molecule has 0 unspecified atom stereocenters. The lowest BCUT2D eigenvalue weighted by Crippen LogP contribution is -2.29. The van der Waals surface area contributed by atoms with Gasteiger partial charge in [0.1, 0.15) is 0 Å². The van der Waals surface area contributed by atoms with Gasteiger partial charge in [-0.2, -0.15) is 0 Å². The lowest BCUT2D eigenvalue weighted by molar-refractivity contribution is -0.170. The average Bonchev–Trinajstić information content (AvgIpc) is 3.10. The van der Waals surface area contributed by atoms with Gasteiger partial charge >= 0.3 is 0 Å². The van der Waals surface area contributed by atoms with Crippen LogP contribution < -0.4 is 0 Å². The molecular weight excluding hydrogens is 320 g/mol. The Hall–Kier alpha value is -1.90. The maximum atomic E-state index is 6.39. The monoisotopic (exact) mass is 348 g/mol. The predicted molar refractivity (Wildman–Crippen MR) is 106 cm³/mol. The van der Waals surface area contributed by atoms with E-state index in [1.54, 1.807) is 0 Å². The summed E-state index contributed by atoms with van der Waals surface area (Å²) in [5.74, 6) is -0.194. The molecule has 1 aliphatic heterocycles. The first-order chi connectivity index (χ1) is 12.4. The zero-order valence-electron chi connectivity index (χ0n) is 15.9. The fraction of sp³-hybridized carbons (Fsp3) is 0.417. The number of rotatable bonds is 3. The minimum Gasteiger partial charge on any atom is -0.344 e. The van der Waals surface area contributed by atoms with E-state index in [2.05, 4.69) is 88.0 Å². The summed E-state index contributed by atoms with van der Waals surface area (Å²) >= 11 is 0. The van der Waals surface area contributed by atoms with Gasteiger partial charge in [0, 0.05) is 18.3 Å². The molecule has 2 aromatic rings. The quantitative estimate of drug-likeness (QED) is 0.697. The van der Waals surface area contributed by atoms with Gasteiger partial charge in [-0.3, -0.25) is 0 Å². The lowest BCUT2D eigenvalue weighted by atomic mass is 9.69. The summed E-state index contributed by atoms with van der Waals surface area (Å²) in [6.07, 6.45) is 1.95. The van der Waals surface area contributed by atoms with Crippen molar-refractivity contribution in [2.24, 2.45) is 5.41 Å². The van der Waals surface area contributed by atoms with Crippen LogP contribution in [0, 0.1) is 5.41 Å². The highest BCUT2D eigenvalue weighted by atomic mass is 16.8. The van der Waals surface area contributed by atoms with Crippen LogP contribution in [-0.2, 0) is 9.47 Å². The van der Waals surface area contributed by atoms with Crippen molar-refractivity contribution in [3.63, 3.8) is 0 Å². The van der Waals surface area contributed by atoms with Crippen molar-refractivity contribution in [2.45, 2.75) is 57.5 Å². The summed E-state index contributed by atoms with van der Waals surface area (Å²) in [5.41, 5.74) is 3.59. The van der Waals surface area contributed by atoms with E-state index >= 15 is 0 Å². The Bertz CT molecular complexity index is 772. The molecule has 2 fully saturated rings. The minimum atomic E-state index is -0.508. The summed E-state index contributed by atoms with van der Waals surface area (Å²) in [5, 5.41) is 0. The second-order valence-corrected chi connectivity index (χ2v) is 8.16. The van der Waals surface area contributed by atoms with Gasteiger partial charge in [-0.25, -0.2) is 0 Å². The first-order valence-electron chi connectivity index (χ1n) is 9.59. The Kier molecular flexibility index (Phi) is 4.29. The molecule has 0 radical (unpaired) electrons. The second-order valence-electron chi connectivity index (χ2n) is 8.16. The molecule has 26 heavy (non-hydrogen) atoms. The summed E-state index contributed by atoms with van der Waals surface area (Å²) in [7, 11) is 0. The Labute approximate surface area is 156 Å². The van der Waals surface area contributed by atoms with Crippen LogP contribution in [-0.4, -0.2) is 18.0 Å². The lowest BCUT2D eigenvalue weighted by Gasteiger charge is -2.34. The van der Waals surface area contributed by atoms with Gasteiger partial charge < -0.3 is 9.47 Å². The van der Waals surface area contributed by atoms with Crippen molar-refractivity contribution in [2.75, 3.05) is 0 Å². The van der Waals surface area contributed by atoms with Crippen LogP contribution in [0.2, 0.25) is 0 Å². The standard InChI is InChI=1S/C24H28O2/c1-17(20-11-7-5-8-12-20)23(4)16-24(25-18(2)19(3)26-24)15-22(23)21-13-9-6-10-14-21/h5-14,18-19,22H,1,15-16H2,2-4H3/t18-,19-,22-,23-/m1/s1. The van der Waals surface area contributed by atoms with Crippen molar-refractivity contribution in [1.29, 1.82) is 0 Å². The van der Waals surface area contributed by atoms with Gasteiger partial charge in [0.15, 0.2) is 5.79 Å². The van der Waals surface area contributed by atoms with Gasteiger partial charge in [0.2, 0.25) is 0 Å². The highest BCUT2D eigenvalue weighted by Crippen LogP contribution is 2.62. The van der Waals surface area contributed by atoms with Gasteiger partial charge in [0.25, 0.3) is 0 Å². The predicted octanol–water partition coefficient (Wildman–Crippen LogP) is 5.80. The largest absolute Gasteiger partial charge is 0.344 e. The second kappa shape index (κ2) is 6.37. The molecule has 1 aliphatic carbocycles. The molecule has 0 aromatic heterocycles.